The van der Waals surface area contributed by atoms with Crippen molar-refractivity contribution in [2.24, 2.45) is 11.8 Å². The fraction of sp³-hybridized carbons (Fsp3) is 0.154. The van der Waals surface area contributed by atoms with Crippen LogP contribution in [-0.2, 0) is 5.41 Å². The molecular weight excluding hydrogens is 981 g/mol. The van der Waals surface area contributed by atoms with Crippen LogP contribution in [0.2, 0.25) is 0 Å². The van der Waals surface area contributed by atoms with Gasteiger partial charge in [-0.1, -0.05) is 200 Å². The van der Waals surface area contributed by atoms with Crippen LogP contribution >= 0.6 is 0 Å². The molecule has 0 fully saturated rings. The van der Waals surface area contributed by atoms with Crippen molar-refractivity contribution in [2.75, 3.05) is 0 Å². The lowest BCUT2D eigenvalue weighted by molar-refractivity contribution is 0.545. The number of allylic oxidation sites excluding steroid dienone is 3. The van der Waals surface area contributed by atoms with Crippen molar-refractivity contribution in [3.8, 4) is 55.9 Å². The zero-order valence-electron chi connectivity index (χ0n) is 48.0. The van der Waals surface area contributed by atoms with Gasteiger partial charge in [0.25, 0.3) is 0 Å². The van der Waals surface area contributed by atoms with Crippen LogP contribution in [0.3, 0.4) is 0 Å². The number of para-hydroxylation sites is 4. The third-order valence-electron chi connectivity index (χ3n) is 16.3. The molecule has 0 spiro atoms. The minimum atomic E-state index is -0.181. The number of furan rings is 1. The molecule has 2 atom stereocenters. The highest BCUT2D eigenvalue weighted by Gasteiger charge is 2.36. The molecule has 2 unspecified atom stereocenters. The van der Waals surface area contributed by atoms with Crippen LogP contribution in [0.1, 0.15) is 72.4 Å². The van der Waals surface area contributed by atoms with Gasteiger partial charge in [0, 0.05) is 49.1 Å². The fourth-order valence-electron chi connectivity index (χ4n) is 12.1. The quantitative estimate of drug-likeness (QED) is 0.125. The second-order valence-electron chi connectivity index (χ2n) is 21.9. The first-order valence-corrected chi connectivity index (χ1v) is 28.9. The first kappa shape index (κ1) is 53.8. The average molecular weight is 1050 g/mol. The molecule has 3 aromatic heterocycles. The number of benzene rings is 10. The Morgan fingerprint density at radius 1 is 0.407 bits per heavy atom. The first-order valence-electron chi connectivity index (χ1n) is 28.9. The van der Waals surface area contributed by atoms with Crippen molar-refractivity contribution in [1.82, 2.24) is 9.13 Å². The van der Waals surface area contributed by atoms with E-state index in [4.69, 9.17) is 4.42 Å². The lowest BCUT2D eigenvalue weighted by Crippen LogP contribution is -2.15. The van der Waals surface area contributed by atoms with E-state index in [-0.39, 0.29) is 5.41 Å². The molecule has 0 amide bonds. The van der Waals surface area contributed by atoms with E-state index in [9.17, 15) is 0 Å². The van der Waals surface area contributed by atoms with E-state index in [2.05, 4.69) is 282 Å². The van der Waals surface area contributed by atoms with Crippen LogP contribution in [0, 0.1) is 11.8 Å². The summed E-state index contributed by atoms with van der Waals surface area (Å²) < 4.78 is 11.3. The molecule has 0 saturated carbocycles. The van der Waals surface area contributed by atoms with Crippen molar-refractivity contribution in [2.45, 2.75) is 66.7 Å². The Balaban J connectivity index is 0.000000412. The maximum Gasteiger partial charge on any atom is 0.135 e. The lowest BCUT2D eigenvalue weighted by atomic mass is 9.81. The van der Waals surface area contributed by atoms with Crippen LogP contribution in [-0.4, -0.2) is 9.13 Å². The molecule has 13 aromatic rings. The van der Waals surface area contributed by atoms with E-state index in [1.807, 2.05) is 32.1 Å². The molecule has 3 heteroatoms. The van der Waals surface area contributed by atoms with E-state index in [1.165, 1.54) is 106 Å². The van der Waals surface area contributed by atoms with Gasteiger partial charge in [-0.2, -0.15) is 0 Å². The Hall–Kier alpha value is -9.18. The standard InChI is InChI=1S/C63H42N2O.C9H16.C4H8.C2H6/c1-63(2)55-29-25-40(41-26-30-61-53(36-41)54-38-45(27-31-62(54)66-61)64-57-20-10-6-16-48(57)49-17-7-11-21-58(49)64)35-52(55)47-28-24-42(37-56(47)63)44-32-43(39-14-4-3-5-15-39)33-46(34-44)65-59-22-12-8-18-50(59)51-19-9-13-23-60(51)65;1-5-8(3)7-9(4)6-2;1-3-4-2;1-2/h3-38H,1-2H3;5-6,8-9H,1-2,7H2,3-4H3;3H,1,4H2,2H3;1-2H3. The zero-order valence-corrected chi connectivity index (χ0v) is 48.0. The molecule has 0 radical (unpaired) electrons. The molecule has 10 aromatic carbocycles. The largest absolute Gasteiger partial charge is 0.456 e. The molecule has 1 aliphatic rings. The van der Waals surface area contributed by atoms with Crippen molar-refractivity contribution in [3.05, 3.63) is 267 Å². The van der Waals surface area contributed by atoms with Gasteiger partial charge in [0.15, 0.2) is 0 Å². The van der Waals surface area contributed by atoms with Crippen molar-refractivity contribution < 1.29 is 4.42 Å². The zero-order chi connectivity index (χ0) is 56.4. The second-order valence-corrected chi connectivity index (χ2v) is 21.9. The number of fused-ring (bicyclic) bond motifs is 12. The summed E-state index contributed by atoms with van der Waals surface area (Å²) in [6.07, 6.45) is 8.10. The number of nitrogens with zero attached hydrogens (tertiary/aromatic N) is 2. The smallest absolute Gasteiger partial charge is 0.135 e. The molecule has 3 heterocycles. The van der Waals surface area contributed by atoms with Crippen LogP contribution in [0.5, 0.6) is 0 Å². The molecule has 0 saturated heterocycles. The molecule has 0 bridgehead atoms. The van der Waals surface area contributed by atoms with E-state index in [0.29, 0.717) is 11.8 Å². The molecule has 0 N–H and O–H groups in total. The number of hydrogen-bond donors (Lipinski definition) is 0. The number of aromatic nitrogens is 2. The Labute approximate surface area is 478 Å². The Morgan fingerprint density at radius 2 is 0.852 bits per heavy atom. The van der Waals surface area contributed by atoms with Crippen LogP contribution in [0.15, 0.2) is 261 Å². The molecule has 3 nitrogen and oxygen atoms in total. The summed E-state index contributed by atoms with van der Waals surface area (Å²) in [6, 6.07) is 80.2. The second kappa shape index (κ2) is 22.9. The highest BCUT2D eigenvalue weighted by Crippen LogP contribution is 2.51. The summed E-state index contributed by atoms with van der Waals surface area (Å²) in [5.74, 6) is 1.25. The summed E-state index contributed by atoms with van der Waals surface area (Å²) in [4.78, 5) is 0. The van der Waals surface area contributed by atoms with Gasteiger partial charge in [0.05, 0.1) is 22.1 Å². The molecule has 14 rings (SSSR count). The van der Waals surface area contributed by atoms with Crippen LogP contribution in [0.4, 0.5) is 0 Å². The van der Waals surface area contributed by atoms with E-state index in [1.54, 1.807) is 0 Å². The van der Waals surface area contributed by atoms with Crippen LogP contribution in [0.25, 0.3) is 121 Å². The third-order valence-corrected chi connectivity index (χ3v) is 16.3. The van der Waals surface area contributed by atoms with E-state index in [0.717, 1.165) is 39.7 Å². The fourth-order valence-corrected chi connectivity index (χ4v) is 12.1. The predicted octanol–water partition coefficient (Wildman–Crippen LogP) is 22.7. The molecular formula is C78H72N2O. The SMILES string of the molecule is C=CC(C)CC(C)C=C.C=CCC.CC.CC1(C)c2ccc(-c3ccc4oc5ccc(-n6c7ccccc7c7ccccc76)cc5c4c3)cc2-c2ccc(-c3cc(-c4ccccc4)cc(-n4c5ccccc5c5ccccc54)c3)cc21. The van der Waals surface area contributed by atoms with Gasteiger partial charge in [-0.05, 0) is 165 Å². The Kier molecular flexibility index (Phi) is 15.2. The van der Waals surface area contributed by atoms with Gasteiger partial charge >= 0.3 is 0 Å². The minimum absolute atomic E-state index is 0.181. The van der Waals surface area contributed by atoms with Crippen molar-refractivity contribution >= 4 is 65.6 Å². The van der Waals surface area contributed by atoms with Gasteiger partial charge in [-0.15, -0.1) is 19.7 Å². The molecule has 1 aliphatic carbocycles. The monoisotopic (exact) mass is 1050 g/mol. The summed E-state index contributed by atoms with van der Waals surface area (Å²) in [5, 5.41) is 7.27. The van der Waals surface area contributed by atoms with Gasteiger partial charge in [-0.25, -0.2) is 0 Å². The average Bonchev–Trinajstić information content (AvgIpc) is 4.43. The first-order chi connectivity index (χ1) is 39.6. The third kappa shape index (κ3) is 9.93. The maximum absolute atomic E-state index is 6.47. The van der Waals surface area contributed by atoms with Crippen LogP contribution < -0.4 is 0 Å². The highest BCUT2D eigenvalue weighted by atomic mass is 16.3. The molecule has 400 valence electrons. The number of hydrogen-bond acceptors (Lipinski definition) is 1. The van der Waals surface area contributed by atoms with E-state index >= 15 is 0 Å². The van der Waals surface area contributed by atoms with Crippen molar-refractivity contribution in [3.63, 3.8) is 0 Å². The minimum Gasteiger partial charge on any atom is -0.456 e. The molecule has 0 aliphatic heterocycles. The summed E-state index contributed by atoms with van der Waals surface area (Å²) in [6.45, 7) is 26.1. The lowest BCUT2D eigenvalue weighted by Gasteiger charge is -2.22. The Morgan fingerprint density at radius 3 is 1.40 bits per heavy atom. The van der Waals surface area contributed by atoms with E-state index < -0.39 is 0 Å². The summed E-state index contributed by atoms with van der Waals surface area (Å²) >= 11 is 0. The van der Waals surface area contributed by atoms with Crippen molar-refractivity contribution in [1.29, 1.82) is 0 Å². The number of rotatable bonds is 10. The van der Waals surface area contributed by atoms with Gasteiger partial charge in [0.2, 0.25) is 0 Å². The Bertz CT molecular complexity index is 4340. The normalized spacial score (nSPS) is 12.9. The predicted molar refractivity (Wildman–Crippen MR) is 351 cm³/mol. The highest BCUT2D eigenvalue weighted by molar-refractivity contribution is 6.12. The topological polar surface area (TPSA) is 23.0 Å². The van der Waals surface area contributed by atoms with Gasteiger partial charge < -0.3 is 13.6 Å². The summed E-state index contributed by atoms with van der Waals surface area (Å²) in [5.41, 5.74) is 21.2. The summed E-state index contributed by atoms with van der Waals surface area (Å²) in [7, 11) is 0. The van der Waals surface area contributed by atoms with Gasteiger partial charge in [0.1, 0.15) is 11.2 Å². The maximum atomic E-state index is 6.47. The van der Waals surface area contributed by atoms with Gasteiger partial charge in [-0.3, -0.25) is 0 Å². The molecule has 81 heavy (non-hydrogen) atoms.